The van der Waals surface area contributed by atoms with Gasteiger partial charge in [0.1, 0.15) is 10.1 Å². The molecule has 0 spiro atoms. The number of hydrogen-bond acceptors (Lipinski definition) is 5. The number of aryl methyl sites for hydroxylation is 1. The Morgan fingerprint density at radius 1 is 0.806 bits per heavy atom. The summed E-state index contributed by atoms with van der Waals surface area (Å²) in [5.74, 6) is 0.262. The van der Waals surface area contributed by atoms with Gasteiger partial charge in [-0.05, 0) is 76.4 Å². The molecular weight excluding hydrogens is 505 g/mol. The van der Waals surface area contributed by atoms with E-state index in [4.69, 9.17) is 0 Å². The third-order valence-corrected chi connectivity index (χ3v) is 8.56. The molecule has 4 rings (SSSR count). The fourth-order valence-corrected chi connectivity index (χ4v) is 6.11. The number of fused-ring (bicyclic) bond motifs is 2. The van der Waals surface area contributed by atoms with E-state index >= 15 is 0 Å². The SMILES string of the molecule is CC(C)c1ccc2c(CCCCNS(=O)(=O)c3ccc4ccccc4c3)cc(S(=O)(=O)[O-])c-2cc1.[Na+]. The van der Waals surface area contributed by atoms with Crippen LogP contribution in [0.5, 0.6) is 0 Å². The number of unbranched alkanes of at least 4 members (excludes halogenated alkanes) is 1. The fraction of sp³-hybridized carbons (Fsp3) is 0.259. The molecule has 0 aromatic heterocycles. The summed E-state index contributed by atoms with van der Waals surface area (Å²) < 4.78 is 63.6. The molecule has 0 saturated carbocycles. The zero-order valence-electron chi connectivity index (χ0n) is 20.7. The van der Waals surface area contributed by atoms with E-state index in [-0.39, 0.29) is 51.8 Å². The van der Waals surface area contributed by atoms with Crippen LogP contribution in [0.15, 0.2) is 82.6 Å². The summed E-state index contributed by atoms with van der Waals surface area (Å²) in [4.78, 5) is 0.0161. The van der Waals surface area contributed by atoms with Crippen molar-refractivity contribution in [1.29, 1.82) is 0 Å². The van der Waals surface area contributed by atoms with Crippen molar-refractivity contribution in [3.63, 3.8) is 0 Å². The van der Waals surface area contributed by atoms with Crippen LogP contribution in [0.2, 0.25) is 0 Å². The van der Waals surface area contributed by atoms with Crippen molar-refractivity contribution in [2.24, 2.45) is 0 Å². The van der Waals surface area contributed by atoms with E-state index in [1.165, 1.54) is 6.07 Å². The van der Waals surface area contributed by atoms with Gasteiger partial charge in [0.25, 0.3) is 0 Å². The summed E-state index contributed by atoms with van der Waals surface area (Å²) in [7, 11) is -8.25. The van der Waals surface area contributed by atoms with Gasteiger partial charge in [-0.1, -0.05) is 68.4 Å². The Labute approximate surface area is 235 Å². The van der Waals surface area contributed by atoms with E-state index in [1.54, 1.807) is 24.3 Å². The van der Waals surface area contributed by atoms with Crippen LogP contribution in [0.3, 0.4) is 0 Å². The zero-order valence-corrected chi connectivity index (χ0v) is 24.3. The van der Waals surface area contributed by atoms with E-state index in [9.17, 15) is 21.4 Å². The maximum absolute atomic E-state index is 12.7. The summed E-state index contributed by atoms with van der Waals surface area (Å²) in [5, 5.41) is 1.83. The molecule has 2 aliphatic carbocycles. The molecule has 0 heterocycles. The molecule has 0 radical (unpaired) electrons. The van der Waals surface area contributed by atoms with E-state index in [0.717, 1.165) is 27.5 Å². The molecule has 1 N–H and O–H groups in total. The van der Waals surface area contributed by atoms with Crippen molar-refractivity contribution >= 4 is 30.9 Å². The molecule has 0 atom stereocenters. The van der Waals surface area contributed by atoms with E-state index in [0.29, 0.717) is 24.8 Å². The quantitative estimate of drug-likeness (QED) is 0.202. The van der Waals surface area contributed by atoms with Gasteiger partial charge in [-0.3, -0.25) is 0 Å². The third-order valence-electron chi connectivity index (χ3n) is 6.22. The van der Waals surface area contributed by atoms with Crippen molar-refractivity contribution in [3.8, 4) is 11.1 Å². The Morgan fingerprint density at radius 3 is 2.14 bits per heavy atom. The third kappa shape index (κ3) is 6.55. The Balaban J connectivity index is 0.00000361. The van der Waals surface area contributed by atoms with Gasteiger partial charge in [0, 0.05) is 6.54 Å². The van der Waals surface area contributed by atoms with Crippen LogP contribution >= 0.6 is 0 Å². The molecule has 2 aromatic rings. The van der Waals surface area contributed by atoms with Gasteiger partial charge < -0.3 is 4.55 Å². The Kier molecular flexibility index (Phi) is 9.38. The second-order valence-corrected chi connectivity index (χ2v) is 12.1. The maximum atomic E-state index is 12.7. The average Bonchev–Trinajstić information content (AvgIpc) is 3.01. The first kappa shape index (κ1) is 28.8. The molecule has 6 nitrogen and oxygen atoms in total. The van der Waals surface area contributed by atoms with E-state index in [2.05, 4.69) is 4.72 Å². The molecule has 184 valence electrons. The van der Waals surface area contributed by atoms with Crippen LogP contribution in [0.1, 0.15) is 43.7 Å². The van der Waals surface area contributed by atoms with Crippen LogP contribution in [0, 0.1) is 0 Å². The monoisotopic (exact) mass is 533 g/mol. The summed E-state index contributed by atoms with van der Waals surface area (Å²) in [6.07, 6.45) is 1.73. The van der Waals surface area contributed by atoms with Gasteiger partial charge in [-0.2, -0.15) is 0 Å². The van der Waals surface area contributed by atoms with Crippen molar-refractivity contribution in [1.82, 2.24) is 4.72 Å². The van der Waals surface area contributed by atoms with Crippen LogP contribution in [0.4, 0.5) is 0 Å². The fourth-order valence-electron chi connectivity index (χ4n) is 4.27. The topological polar surface area (TPSA) is 103 Å². The molecule has 2 aliphatic rings. The predicted octanol–water partition coefficient (Wildman–Crippen LogP) is 2.28. The molecule has 0 fully saturated rings. The summed E-state index contributed by atoms with van der Waals surface area (Å²) in [6.45, 7) is 4.35. The molecule has 36 heavy (non-hydrogen) atoms. The smallest absolute Gasteiger partial charge is 0.744 e. The molecule has 2 aromatic carbocycles. The van der Waals surface area contributed by atoms with Crippen LogP contribution in [-0.2, 0) is 26.6 Å². The van der Waals surface area contributed by atoms with Crippen LogP contribution in [0.25, 0.3) is 21.9 Å². The van der Waals surface area contributed by atoms with Gasteiger partial charge in [0.2, 0.25) is 10.0 Å². The van der Waals surface area contributed by atoms with Gasteiger partial charge in [0.05, 0.1) is 9.79 Å². The first-order valence-corrected chi connectivity index (χ1v) is 14.5. The maximum Gasteiger partial charge on any atom is 1.00 e. The summed E-state index contributed by atoms with van der Waals surface area (Å²) in [5.41, 5.74) is 2.99. The van der Waals surface area contributed by atoms with Gasteiger partial charge in [0.15, 0.2) is 0 Å². The van der Waals surface area contributed by atoms with Crippen molar-refractivity contribution in [2.75, 3.05) is 6.54 Å². The Bertz CT molecular complexity index is 1550. The van der Waals surface area contributed by atoms with Crippen molar-refractivity contribution < 1.29 is 50.9 Å². The number of hydrogen-bond donors (Lipinski definition) is 1. The minimum absolute atomic E-state index is 0. The minimum Gasteiger partial charge on any atom is -0.744 e. The number of benzene rings is 2. The normalized spacial score (nSPS) is 12.2. The molecule has 0 saturated heterocycles. The predicted molar refractivity (Wildman–Crippen MR) is 137 cm³/mol. The van der Waals surface area contributed by atoms with Gasteiger partial charge in [-0.15, -0.1) is 0 Å². The zero-order chi connectivity index (χ0) is 25.2. The molecule has 0 bridgehead atoms. The van der Waals surface area contributed by atoms with Crippen LogP contribution in [-0.4, -0.2) is 27.9 Å². The van der Waals surface area contributed by atoms with Crippen molar-refractivity contribution in [3.05, 3.63) is 83.9 Å². The number of nitrogens with one attached hydrogen (secondary N) is 1. The number of rotatable bonds is 9. The Hall–Kier alpha value is -1.78. The molecule has 0 unspecified atom stereocenters. The number of sulfonamides is 1. The van der Waals surface area contributed by atoms with Crippen LogP contribution < -0.4 is 34.3 Å². The van der Waals surface area contributed by atoms with Gasteiger partial charge >= 0.3 is 29.6 Å². The summed E-state index contributed by atoms with van der Waals surface area (Å²) in [6, 6.07) is 21.5. The van der Waals surface area contributed by atoms with E-state index < -0.39 is 20.1 Å². The minimum atomic E-state index is -4.61. The molecule has 0 aliphatic heterocycles. The largest absolute Gasteiger partial charge is 1.00 e. The second-order valence-electron chi connectivity index (χ2n) is 9.00. The second kappa shape index (κ2) is 11.7. The first-order valence-electron chi connectivity index (χ1n) is 11.6. The van der Waals surface area contributed by atoms with Crippen molar-refractivity contribution in [2.45, 2.75) is 48.8 Å². The van der Waals surface area contributed by atoms with Gasteiger partial charge in [-0.25, -0.2) is 21.6 Å². The average molecular weight is 534 g/mol. The molecular formula is C27H28NNaO5S2. The summed E-state index contributed by atoms with van der Waals surface area (Å²) >= 11 is 0. The standard InChI is InChI=1S/C27H29NO5S2.Na/c1-19(2)20-11-14-25-23(18-27(35(31,32)33)26(25)15-12-20)9-5-6-16-28-34(29,30)24-13-10-21-7-3-4-8-22(21)17-24;/h3-4,7-8,10-15,17-19,28H,5-6,9,16H2,1-2H3,(H,31,32,33);/q;+1/p-1. The molecule has 0 amide bonds. The van der Waals surface area contributed by atoms with E-state index in [1.807, 2.05) is 56.3 Å². The first-order chi connectivity index (χ1) is 16.6. The Morgan fingerprint density at radius 2 is 1.47 bits per heavy atom. The molecule has 9 heteroatoms.